The lowest BCUT2D eigenvalue weighted by Gasteiger charge is -2.19. The van der Waals surface area contributed by atoms with Gasteiger partial charge in [0, 0.05) is 30.4 Å². The molecule has 0 aliphatic carbocycles. The summed E-state index contributed by atoms with van der Waals surface area (Å²) in [5.41, 5.74) is 0.919. The van der Waals surface area contributed by atoms with Crippen LogP contribution in [0.1, 0.15) is 24.6 Å². The number of piperidine rings is 1. The Kier molecular flexibility index (Phi) is 2.83. The third kappa shape index (κ3) is 2.19. The van der Waals surface area contributed by atoms with Gasteiger partial charge in [0.2, 0.25) is 0 Å². The van der Waals surface area contributed by atoms with E-state index in [1.54, 1.807) is 12.4 Å². The van der Waals surface area contributed by atoms with Gasteiger partial charge in [-0.25, -0.2) is 0 Å². The molecule has 0 unspecified atom stereocenters. The molecule has 1 N–H and O–H groups in total. The fraction of sp³-hybridized carbons (Fsp3) is 0.417. The van der Waals surface area contributed by atoms with Crippen LogP contribution < -0.4 is 5.32 Å². The molecule has 5 nitrogen and oxygen atoms in total. The summed E-state index contributed by atoms with van der Waals surface area (Å²) < 4.78 is 5.29. The maximum absolute atomic E-state index is 5.29. The fourth-order valence-electron chi connectivity index (χ4n) is 2.08. The molecule has 0 bridgehead atoms. The molecular weight excluding hydrogens is 216 g/mol. The van der Waals surface area contributed by atoms with Gasteiger partial charge in [0.15, 0.2) is 5.82 Å². The van der Waals surface area contributed by atoms with Gasteiger partial charge < -0.3 is 9.84 Å². The van der Waals surface area contributed by atoms with E-state index in [4.69, 9.17) is 4.52 Å². The quantitative estimate of drug-likeness (QED) is 0.849. The number of pyridine rings is 1. The third-order valence-corrected chi connectivity index (χ3v) is 3.03. The summed E-state index contributed by atoms with van der Waals surface area (Å²) in [5.74, 6) is 1.76. The summed E-state index contributed by atoms with van der Waals surface area (Å²) in [6.07, 6.45) is 5.74. The summed E-state index contributed by atoms with van der Waals surface area (Å²) >= 11 is 0. The molecule has 1 aliphatic heterocycles. The Labute approximate surface area is 99.3 Å². The highest BCUT2D eigenvalue weighted by molar-refractivity contribution is 5.51. The fourth-order valence-corrected chi connectivity index (χ4v) is 2.08. The molecule has 17 heavy (non-hydrogen) atoms. The SMILES string of the molecule is c1cc(-c2nc([C@H]3CCCNC3)no2)ccn1. The van der Waals surface area contributed by atoms with E-state index in [0.717, 1.165) is 30.9 Å². The van der Waals surface area contributed by atoms with Crippen molar-refractivity contribution in [3.63, 3.8) is 0 Å². The van der Waals surface area contributed by atoms with Crippen LogP contribution in [0.25, 0.3) is 11.5 Å². The van der Waals surface area contributed by atoms with Crippen molar-refractivity contribution in [3.8, 4) is 11.5 Å². The van der Waals surface area contributed by atoms with Gasteiger partial charge in [0.25, 0.3) is 5.89 Å². The van der Waals surface area contributed by atoms with Crippen LogP contribution in [0.3, 0.4) is 0 Å². The summed E-state index contributed by atoms with van der Waals surface area (Å²) in [7, 11) is 0. The second-order valence-electron chi connectivity index (χ2n) is 4.24. The minimum Gasteiger partial charge on any atom is -0.334 e. The molecule has 1 saturated heterocycles. The van der Waals surface area contributed by atoms with Gasteiger partial charge >= 0.3 is 0 Å². The van der Waals surface area contributed by atoms with E-state index in [-0.39, 0.29) is 0 Å². The van der Waals surface area contributed by atoms with Gasteiger partial charge in [-0.3, -0.25) is 4.98 Å². The molecule has 3 heterocycles. The summed E-state index contributed by atoms with van der Waals surface area (Å²) in [4.78, 5) is 8.43. The van der Waals surface area contributed by atoms with Crippen LogP contribution in [0.4, 0.5) is 0 Å². The molecular formula is C12H14N4O. The first-order valence-corrected chi connectivity index (χ1v) is 5.88. The Morgan fingerprint density at radius 3 is 2.94 bits per heavy atom. The van der Waals surface area contributed by atoms with E-state index < -0.39 is 0 Å². The molecule has 0 radical (unpaired) electrons. The predicted octanol–water partition coefficient (Wildman–Crippen LogP) is 1.60. The largest absolute Gasteiger partial charge is 0.334 e. The number of nitrogens with one attached hydrogen (secondary N) is 1. The lowest BCUT2D eigenvalue weighted by molar-refractivity contribution is 0.393. The minimum atomic E-state index is 0.378. The van der Waals surface area contributed by atoms with Gasteiger partial charge in [-0.05, 0) is 31.5 Å². The molecule has 3 rings (SSSR count). The molecule has 0 aromatic carbocycles. The standard InChI is InChI=1S/C12H14N4O/c1-2-10(8-14-5-1)11-15-12(17-16-11)9-3-6-13-7-4-9/h3-4,6-7,10,14H,1-2,5,8H2/t10-/m0/s1. The number of hydrogen-bond donors (Lipinski definition) is 1. The van der Waals surface area contributed by atoms with Crippen molar-refractivity contribution in [2.45, 2.75) is 18.8 Å². The molecule has 0 spiro atoms. The van der Waals surface area contributed by atoms with Crippen LogP contribution >= 0.6 is 0 Å². The molecule has 1 fully saturated rings. The van der Waals surface area contributed by atoms with Gasteiger partial charge in [-0.2, -0.15) is 4.98 Å². The van der Waals surface area contributed by atoms with Crippen molar-refractivity contribution in [3.05, 3.63) is 30.4 Å². The second-order valence-corrected chi connectivity index (χ2v) is 4.24. The maximum atomic E-state index is 5.29. The molecule has 1 aliphatic rings. The van der Waals surface area contributed by atoms with E-state index in [2.05, 4.69) is 20.4 Å². The molecule has 0 saturated carbocycles. The Bertz CT molecular complexity index is 476. The van der Waals surface area contributed by atoms with Crippen LogP contribution in [-0.4, -0.2) is 28.2 Å². The van der Waals surface area contributed by atoms with Gasteiger partial charge in [-0.1, -0.05) is 5.16 Å². The minimum absolute atomic E-state index is 0.378. The molecule has 1 atom stereocenters. The Morgan fingerprint density at radius 1 is 1.29 bits per heavy atom. The summed E-state index contributed by atoms with van der Waals surface area (Å²) in [6, 6.07) is 3.74. The normalized spacial score (nSPS) is 20.4. The van der Waals surface area contributed by atoms with Crippen LogP contribution in [0.2, 0.25) is 0 Å². The molecule has 0 amide bonds. The number of nitrogens with zero attached hydrogens (tertiary/aromatic N) is 3. The number of hydrogen-bond acceptors (Lipinski definition) is 5. The van der Waals surface area contributed by atoms with Gasteiger partial charge in [0.1, 0.15) is 0 Å². The van der Waals surface area contributed by atoms with Crippen LogP contribution in [0.15, 0.2) is 29.0 Å². The highest BCUT2D eigenvalue weighted by atomic mass is 16.5. The molecule has 88 valence electrons. The van der Waals surface area contributed by atoms with Crippen molar-refractivity contribution < 1.29 is 4.52 Å². The first-order valence-electron chi connectivity index (χ1n) is 5.88. The Morgan fingerprint density at radius 2 is 2.18 bits per heavy atom. The lowest BCUT2D eigenvalue weighted by Crippen LogP contribution is -2.28. The van der Waals surface area contributed by atoms with Crippen molar-refractivity contribution in [2.24, 2.45) is 0 Å². The smallest absolute Gasteiger partial charge is 0.258 e. The van der Waals surface area contributed by atoms with Crippen molar-refractivity contribution in [2.75, 3.05) is 13.1 Å². The van der Waals surface area contributed by atoms with E-state index in [9.17, 15) is 0 Å². The second kappa shape index (κ2) is 4.63. The zero-order valence-corrected chi connectivity index (χ0v) is 9.47. The van der Waals surface area contributed by atoms with Crippen molar-refractivity contribution >= 4 is 0 Å². The van der Waals surface area contributed by atoms with Gasteiger partial charge in [-0.15, -0.1) is 0 Å². The monoisotopic (exact) mass is 230 g/mol. The highest BCUT2D eigenvalue weighted by Gasteiger charge is 2.20. The summed E-state index contributed by atoms with van der Waals surface area (Å²) in [6.45, 7) is 2.03. The molecule has 5 heteroatoms. The first kappa shape index (κ1) is 10.4. The van der Waals surface area contributed by atoms with E-state index in [1.807, 2.05) is 12.1 Å². The average Bonchev–Trinajstić information content (AvgIpc) is 2.90. The highest BCUT2D eigenvalue weighted by Crippen LogP contribution is 2.23. The average molecular weight is 230 g/mol. The topological polar surface area (TPSA) is 63.8 Å². The van der Waals surface area contributed by atoms with E-state index in [1.165, 1.54) is 6.42 Å². The number of aromatic nitrogens is 3. The van der Waals surface area contributed by atoms with Crippen LogP contribution in [0.5, 0.6) is 0 Å². The van der Waals surface area contributed by atoms with E-state index >= 15 is 0 Å². The zero-order valence-electron chi connectivity index (χ0n) is 9.47. The third-order valence-electron chi connectivity index (χ3n) is 3.03. The molecule has 2 aromatic heterocycles. The van der Waals surface area contributed by atoms with Crippen LogP contribution in [0, 0.1) is 0 Å². The lowest BCUT2D eigenvalue weighted by atomic mass is 9.99. The van der Waals surface area contributed by atoms with Gasteiger partial charge in [0.05, 0.1) is 0 Å². The van der Waals surface area contributed by atoms with Crippen molar-refractivity contribution in [1.82, 2.24) is 20.4 Å². The van der Waals surface area contributed by atoms with Crippen molar-refractivity contribution in [1.29, 1.82) is 0 Å². The predicted molar refractivity (Wildman–Crippen MR) is 62.4 cm³/mol. The van der Waals surface area contributed by atoms with Crippen LogP contribution in [-0.2, 0) is 0 Å². The molecule has 2 aromatic rings. The maximum Gasteiger partial charge on any atom is 0.258 e. The van der Waals surface area contributed by atoms with E-state index in [0.29, 0.717) is 11.8 Å². The first-order chi connectivity index (χ1) is 8.43. The number of rotatable bonds is 2. The Balaban J connectivity index is 1.83. The Hall–Kier alpha value is -1.75. The summed E-state index contributed by atoms with van der Waals surface area (Å²) in [5, 5.41) is 7.42. The zero-order chi connectivity index (χ0) is 11.5.